The molecule has 1 N–H and O–H groups in total. The van der Waals surface area contributed by atoms with Crippen molar-refractivity contribution in [3.05, 3.63) is 111 Å². The number of thioether (sulfide) groups is 1. The number of carbonyl (C=O) groups excluding carboxylic acids is 2. The van der Waals surface area contributed by atoms with Crippen LogP contribution in [0.5, 0.6) is 0 Å². The van der Waals surface area contributed by atoms with Gasteiger partial charge in [0, 0.05) is 16.7 Å². The van der Waals surface area contributed by atoms with Gasteiger partial charge in [0.1, 0.15) is 22.5 Å². The molecule has 1 atom stereocenters. The largest absolute Gasteiger partial charge is 0.347 e. The van der Waals surface area contributed by atoms with E-state index < -0.39 is 11.2 Å². The van der Waals surface area contributed by atoms with E-state index in [4.69, 9.17) is 0 Å². The molecule has 170 valence electrons. The number of halogens is 2. The van der Waals surface area contributed by atoms with Crippen LogP contribution in [0.3, 0.4) is 0 Å². The Hall–Kier alpha value is -3.41. The Balaban J connectivity index is 1.66. The van der Waals surface area contributed by atoms with Gasteiger partial charge < -0.3 is 5.32 Å². The number of anilines is 1. The highest BCUT2D eigenvalue weighted by atomic mass is 79.9. The van der Waals surface area contributed by atoms with Crippen molar-refractivity contribution in [3.8, 4) is 6.07 Å². The minimum Gasteiger partial charge on any atom is -0.347 e. The average molecular weight is 536 g/mol. The predicted octanol–water partition coefficient (Wildman–Crippen LogP) is 5.33. The Labute approximate surface area is 209 Å². The van der Waals surface area contributed by atoms with E-state index in [9.17, 15) is 19.2 Å². The minimum absolute atomic E-state index is 0.126. The van der Waals surface area contributed by atoms with E-state index in [2.05, 4.69) is 21.2 Å². The zero-order chi connectivity index (χ0) is 24.1. The quantitative estimate of drug-likeness (QED) is 0.342. The fourth-order valence-electron chi connectivity index (χ4n) is 3.51. The lowest BCUT2D eigenvalue weighted by Crippen LogP contribution is -2.32. The highest BCUT2D eigenvalue weighted by Crippen LogP contribution is 2.42. The van der Waals surface area contributed by atoms with Crippen molar-refractivity contribution in [2.45, 2.75) is 18.2 Å². The number of rotatable bonds is 6. The molecule has 3 aromatic rings. The van der Waals surface area contributed by atoms with Crippen molar-refractivity contribution in [3.63, 3.8) is 0 Å². The smallest absolute Gasteiger partial charge is 0.264 e. The Morgan fingerprint density at radius 3 is 2.35 bits per heavy atom. The molecule has 1 fully saturated rings. The molecule has 5 nitrogen and oxygen atoms in total. The van der Waals surface area contributed by atoms with Crippen molar-refractivity contribution in [2.24, 2.45) is 0 Å². The van der Waals surface area contributed by atoms with E-state index >= 15 is 0 Å². The van der Waals surface area contributed by atoms with Gasteiger partial charge in [0.15, 0.2) is 0 Å². The first kappa shape index (κ1) is 23.7. The van der Waals surface area contributed by atoms with Gasteiger partial charge in [0.2, 0.25) is 5.91 Å². The molecule has 0 saturated carbocycles. The second-order valence-electron chi connectivity index (χ2n) is 7.55. The summed E-state index contributed by atoms with van der Waals surface area (Å²) in [6.07, 6.45) is 0.338. The lowest BCUT2D eigenvalue weighted by Gasteiger charge is -2.19. The normalized spacial score (nSPS) is 16.8. The second kappa shape index (κ2) is 10.7. The molecule has 3 aromatic carbocycles. The van der Waals surface area contributed by atoms with Gasteiger partial charge in [-0.2, -0.15) is 5.26 Å². The summed E-state index contributed by atoms with van der Waals surface area (Å²) in [5, 5.41) is 12.4. The number of hydrogen-bond acceptors (Lipinski definition) is 4. The summed E-state index contributed by atoms with van der Waals surface area (Å²) < 4.78 is 14.2. The third kappa shape index (κ3) is 5.38. The number of nitriles is 1. The molecule has 0 spiro atoms. The number of nitrogens with one attached hydrogen (secondary N) is 1. The maximum Gasteiger partial charge on any atom is 0.264 e. The van der Waals surface area contributed by atoms with E-state index in [0.717, 1.165) is 15.6 Å². The molecular formula is C26H19BrFN3O2S. The van der Waals surface area contributed by atoms with Gasteiger partial charge in [0.05, 0.1) is 5.25 Å². The molecule has 1 aliphatic rings. The predicted molar refractivity (Wildman–Crippen MR) is 134 cm³/mol. The molecule has 1 unspecified atom stereocenters. The fourth-order valence-corrected chi connectivity index (χ4v) is 5.09. The molecule has 2 amide bonds. The molecule has 34 heavy (non-hydrogen) atoms. The van der Waals surface area contributed by atoms with Crippen LogP contribution in [-0.4, -0.2) is 17.1 Å². The number of nitrogens with zero attached hydrogens (tertiary/aromatic N) is 2. The molecule has 0 radical (unpaired) electrons. The average Bonchev–Trinajstić information content (AvgIpc) is 3.16. The molecular weight excluding hydrogens is 517 g/mol. The van der Waals surface area contributed by atoms with Crippen LogP contribution in [0.15, 0.2) is 93.9 Å². The Bertz CT molecular complexity index is 1270. The maximum absolute atomic E-state index is 13.4. The monoisotopic (exact) mass is 535 g/mol. The topological polar surface area (TPSA) is 73.2 Å². The summed E-state index contributed by atoms with van der Waals surface area (Å²) in [4.78, 5) is 27.8. The van der Waals surface area contributed by atoms with Crippen molar-refractivity contribution < 1.29 is 14.0 Å². The van der Waals surface area contributed by atoms with Gasteiger partial charge in [-0.05, 0) is 53.9 Å². The minimum atomic E-state index is -0.561. The van der Waals surface area contributed by atoms with Crippen molar-refractivity contribution in [2.75, 3.05) is 4.90 Å². The van der Waals surface area contributed by atoms with Crippen LogP contribution in [0.1, 0.15) is 11.1 Å². The first-order valence-electron chi connectivity index (χ1n) is 10.4. The number of benzene rings is 3. The lowest BCUT2D eigenvalue weighted by molar-refractivity contribution is -0.117. The van der Waals surface area contributed by atoms with E-state index in [0.29, 0.717) is 12.1 Å². The molecule has 1 saturated heterocycles. The molecule has 4 rings (SSSR count). The Kier molecular flexibility index (Phi) is 7.46. The first-order valence-corrected chi connectivity index (χ1v) is 12.1. The number of carbonyl (C=O) groups is 2. The highest BCUT2D eigenvalue weighted by Gasteiger charge is 2.40. The summed E-state index contributed by atoms with van der Waals surface area (Å²) in [5.74, 6) is -1.14. The zero-order valence-corrected chi connectivity index (χ0v) is 20.3. The third-order valence-corrected chi connectivity index (χ3v) is 7.01. The Morgan fingerprint density at radius 2 is 1.71 bits per heavy atom. The third-order valence-electron chi connectivity index (χ3n) is 5.22. The summed E-state index contributed by atoms with van der Waals surface area (Å²) in [7, 11) is 0. The van der Waals surface area contributed by atoms with Gasteiger partial charge in [-0.25, -0.2) is 4.39 Å². The standard InChI is InChI=1S/C26H19BrFN3O2S/c27-19-8-12-21(13-9-19)31-25(33)23(14-17-6-10-20(28)11-7-17)34-26(31)22(15-29)24(32)30-16-18-4-2-1-3-5-18/h1-13,23H,14,16H2,(H,30,32). The first-order chi connectivity index (χ1) is 16.5. The Morgan fingerprint density at radius 1 is 1.03 bits per heavy atom. The molecule has 0 aliphatic carbocycles. The van der Waals surface area contributed by atoms with Gasteiger partial charge >= 0.3 is 0 Å². The second-order valence-corrected chi connectivity index (χ2v) is 9.65. The SMILES string of the molecule is N#CC(C(=O)NCc1ccccc1)=C1SC(Cc2ccc(F)cc2)C(=O)N1c1ccc(Br)cc1. The van der Waals surface area contributed by atoms with E-state index in [-0.39, 0.29) is 28.9 Å². The number of amides is 2. The van der Waals surface area contributed by atoms with Crippen LogP contribution in [-0.2, 0) is 22.6 Å². The maximum atomic E-state index is 13.4. The van der Waals surface area contributed by atoms with Crippen molar-refractivity contribution >= 4 is 45.2 Å². The zero-order valence-electron chi connectivity index (χ0n) is 17.9. The summed E-state index contributed by atoms with van der Waals surface area (Å²) in [6.45, 7) is 0.258. The van der Waals surface area contributed by atoms with Crippen LogP contribution in [0.25, 0.3) is 0 Å². The summed E-state index contributed by atoms with van der Waals surface area (Å²) in [6, 6.07) is 24.4. The van der Waals surface area contributed by atoms with Gasteiger partial charge in [-0.1, -0.05) is 70.2 Å². The van der Waals surface area contributed by atoms with Crippen LogP contribution < -0.4 is 10.2 Å². The molecule has 8 heteroatoms. The van der Waals surface area contributed by atoms with E-state index in [1.165, 1.54) is 28.8 Å². The van der Waals surface area contributed by atoms with E-state index in [1.807, 2.05) is 36.4 Å². The van der Waals surface area contributed by atoms with Crippen LogP contribution in [0.4, 0.5) is 10.1 Å². The van der Waals surface area contributed by atoms with Crippen molar-refractivity contribution in [1.29, 1.82) is 5.26 Å². The van der Waals surface area contributed by atoms with Crippen LogP contribution in [0.2, 0.25) is 0 Å². The highest BCUT2D eigenvalue weighted by molar-refractivity contribution is 9.10. The van der Waals surface area contributed by atoms with Gasteiger partial charge in [0.25, 0.3) is 5.91 Å². The fraction of sp³-hybridized carbons (Fsp3) is 0.115. The van der Waals surface area contributed by atoms with Gasteiger partial charge in [-0.3, -0.25) is 14.5 Å². The van der Waals surface area contributed by atoms with E-state index in [1.54, 1.807) is 36.4 Å². The molecule has 0 bridgehead atoms. The number of hydrogen-bond donors (Lipinski definition) is 1. The van der Waals surface area contributed by atoms with Crippen LogP contribution >= 0.6 is 27.7 Å². The molecule has 1 aliphatic heterocycles. The molecule has 1 heterocycles. The summed E-state index contributed by atoms with van der Waals surface area (Å²) in [5.41, 5.74) is 2.11. The summed E-state index contributed by atoms with van der Waals surface area (Å²) >= 11 is 4.56. The van der Waals surface area contributed by atoms with Crippen LogP contribution in [0, 0.1) is 17.1 Å². The molecule has 0 aromatic heterocycles. The van der Waals surface area contributed by atoms with Gasteiger partial charge in [-0.15, -0.1) is 0 Å². The lowest BCUT2D eigenvalue weighted by atomic mass is 10.1. The van der Waals surface area contributed by atoms with Crippen molar-refractivity contribution in [1.82, 2.24) is 5.32 Å².